The van der Waals surface area contributed by atoms with E-state index in [2.05, 4.69) is 20.4 Å². The number of guanidine groups is 1. The van der Waals surface area contributed by atoms with E-state index in [-0.39, 0.29) is 6.10 Å². The van der Waals surface area contributed by atoms with Gasteiger partial charge < -0.3 is 29.0 Å². The van der Waals surface area contributed by atoms with Crippen LogP contribution in [0.2, 0.25) is 0 Å². The fraction of sp³-hybridized carbons (Fsp3) is 0.857. The van der Waals surface area contributed by atoms with Crippen LogP contribution >= 0.6 is 0 Å². The van der Waals surface area contributed by atoms with Crippen LogP contribution < -0.4 is 5.32 Å². The molecular weight excluding hydrogens is 384 g/mol. The SMILES string of the molecule is COCCCNC(=NCc1nnc(C)n1C)N1CCC(OCC2CCCCO2)CC1. The van der Waals surface area contributed by atoms with Crippen LogP contribution in [0.1, 0.15) is 50.2 Å². The van der Waals surface area contributed by atoms with Crippen molar-refractivity contribution < 1.29 is 14.2 Å². The maximum absolute atomic E-state index is 6.16. The highest BCUT2D eigenvalue weighted by Crippen LogP contribution is 2.18. The van der Waals surface area contributed by atoms with E-state index in [1.54, 1.807) is 7.11 Å². The molecule has 2 aliphatic rings. The number of nitrogens with zero attached hydrogens (tertiary/aromatic N) is 5. The largest absolute Gasteiger partial charge is 0.385 e. The minimum atomic E-state index is 0.284. The van der Waals surface area contributed by atoms with Gasteiger partial charge in [0, 0.05) is 47.0 Å². The molecule has 3 heterocycles. The van der Waals surface area contributed by atoms with Crippen molar-refractivity contribution in [2.75, 3.05) is 46.6 Å². The number of nitrogens with one attached hydrogen (secondary N) is 1. The van der Waals surface area contributed by atoms with E-state index in [0.29, 0.717) is 12.6 Å². The molecule has 1 unspecified atom stereocenters. The van der Waals surface area contributed by atoms with E-state index in [1.165, 1.54) is 12.8 Å². The smallest absolute Gasteiger partial charge is 0.194 e. The van der Waals surface area contributed by atoms with Crippen LogP contribution in [-0.4, -0.2) is 84.4 Å². The lowest BCUT2D eigenvalue weighted by Crippen LogP contribution is -2.47. The highest BCUT2D eigenvalue weighted by Gasteiger charge is 2.24. The monoisotopic (exact) mass is 422 g/mol. The number of hydrogen-bond donors (Lipinski definition) is 1. The first-order valence-corrected chi connectivity index (χ1v) is 11.3. The molecule has 9 heteroatoms. The highest BCUT2D eigenvalue weighted by molar-refractivity contribution is 5.80. The molecule has 2 aliphatic heterocycles. The number of piperidine rings is 1. The number of aliphatic imine (C=N–C) groups is 1. The molecule has 1 N–H and O–H groups in total. The number of rotatable bonds is 9. The van der Waals surface area contributed by atoms with Gasteiger partial charge in [0.1, 0.15) is 12.4 Å². The summed E-state index contributed by atoms with van der Waals surface area (Å²) >= 11 is 0. The van der Waals surface area contributed by atoms with Gasteiger partial charge in [-0.05, 0) is 45.4 Å². The molecule has 0 amide bonds. The molecular formula is C21H38N6O3. The van der Waals surface area contributed by atoms with E-state index >= 15 is 0 Å². The summed E-state index contributed by atoms with van der Waals surface area (Å²) < 4.78 is 19.1. The second kappa shape index (κ2) is 12.2. The molecule has 1 aromatic heterocycles. The van der Waals surface area contributed by atoms with Crippen molar-refractivity contribution in [3.63, 3.8) is 0 Å². The topological polar surface area (TPSA) is 86.0 Å². The van der Waals surface area contributed by atoms with Gasteiger partial charge in [0.25, 0.3) is 0 Å². The number of methoxy groups -OCH3 is 1. The maximum Gasteiger partial charge on any atom is 0.194 e. The summed E-state index contributed by atoms with van der Waals surface area (Å²) in [6.07, 6.45) is 7.12. The van der Waals surface area contributed by atoms with Crippen molar-refractivity contribution in [2.45, 2.75) is 64.2 Å². The van der Waals surface area contributed by atoms with Gasteiger partial charge >= 0.3 is 0 Å². The summed E-state index contributed by atoms with van der Waals surface area (Å²) in [5.74, 6) is 2.70. The van der Waals surface area contributed by atoms with E-state index < -0.39 is 0 Å². The molecule has 170 valence electrons. The van der Waals surface area contributed by atoms with Crippen molar-refractivity contribution in [1.29, 1.82) is 0 Å². The lowest BCUT2D eigenvalue weighted by atomic mass is 10.1. The Labute approximate surface area is 180 Å². The first kappa shape index (κ1) is 23.0. The summed E-state index contributed by atoms with van der Waals surface area (Å²) in [4.78, 5) is 7.17. The van der Waals surface area contributed by atoms with Gasteiger partial charge in [0.2, 0.25) is 0 Å². The second-order valence-electron chi connectivity index (χ2n) is 8.14. The fourth-order valence-corrected chi connectivity index (χ4v) is 3.84. The molecule has 0 spiro atoms. The Morgan fingerprint density at radius 3 is 2.73 bits per heavy atom. The van der Waals surface area contributed by atoms with Crippen LogP contribution in [0.25, 0.3) is 0 Å². The maximum atomic E-state index is 6.16. The number of aryl methyl sites for hydroxylation is 1. The Balaban J connectivity index is 1.50. The number of aromatic nitrogens is 3. The minimum absolute atomic E-state index is 0.284. The number of ether oxygens (including phenoxy) is 3. The van der Waals surface area contributed by atoms with Crippen molar-refractivity contribution in [3.05, 3.63) is 11.6 Å². The lowest BCUT2D eigenvalue weighted by molar-refractivity contribution is -0.0721. The van der Waals surface area contributed by atoms with Gasteiger partial charge in [0.05, 0.1) is 18.8 Å². The summed E-state index contributed by atoms with van der Waals surface area (Å²) in [6, 6.07) is 0. The first-order valence-electron chi connectivity index (χ1n) is 11.3. The molecule has 2 fully saturated rings. The third-order valence-corrected chi connectivity index (χ3v) is 5.89. The highest BCUT2D eigenvalue weighted by atomic mass is 16.5. The van der Waals surface area contributed by atoms with Crippen LogP contribution in [-0.2, 0) is 27.8 Å². The van der Waals surface area contributed by atoms with Crippen molar-refractivity contribution in [1.82, 2.24) is 25.0 Å². The quantitative estimate of drug-likeness (QED) is 0.368. The predicted molar refractivity (Wildman–Crippen MR) is 116 cm³/mol. The molecule has 1 aromatic rings. The van der Waals surface area contributed by atoms with E-state index in [9.17, 15) is 0 Å². The van der Waals surface area contributed by atoms with Crippen LogP contribution in [0.3, 0.4) is 0 Å². The average Bonchev–Trinajstić information content (AvgIpc) is 3.10. The lowest BCUT2D eigenvalue weighted by Gasteiger charge is -2.35. The van der Waals surface area contributed by atoms with Gasteiger partial charge in [-0.25, -0.2) is 4.99 Å². The molecule has 9 nitrogen and oxygen atoms in total. The second-order valence-corrected chi connectivity index (χ2v) is 8.14. The van der Waals surface area contributed by atoms with Crippen LogP contribution in [0.15, 0.2) is 4.99 Å². The van der Waals surface area contributed by atoms with E-state index in [0.717, 1.165) is 82.7 Å². The minimum Gasteiger partial charge on any atom is -0.385 e. The summed E-state index contributed by atoms with van der Waals surface area (Å²) in [7, 11) is 3.71. The molecule has 0 aromatic carbocycles. The molecule has 0 saturated carbocycles. The van der Waals surface area contributed by atoms with Crippen LogP contribution in [0.5, 0.6) is 0 Å². The Morgan fingerprint density at radius 1 is 1.23 bits per heavy atom. The van der Waals surface area contributed by atoms with Gasteiger partial charge in [-0.1, -0.05) is 0 Å². The van der Waals surface area contributed by atoms with Gasteiger partial charge in [0.15, 0.2) is 11.8 Å². The van der Waals surface area contributed by atoms with Crippen LogP contribution in [0, 0.1) is 6.92 Å². The fourth-order valence-electron chi connectivity index (χ4n) is 3.84. The zero-order chi connectivity index (χ0) is 21.2. The Hall–Kier alpha value is -1.71. The van der Waals surface area contributed by atoms with Gasteiger partial charge in [-0.3, -0.25) is 0 Å². The Morgan fingerprint density at radius 2 is 2.07 bits per heavy atom. The van der Waals surface area contributed by atoms with Gasteiger partial charge in [-0.15, -0.1) is 10.2 Å². The zero-order valence-electron chi connectivity index (χ0n) is 18.8. The first-order chi connectivity index (χ1) is 14.7. The molecule has 0 radical (unpaired) electrons. The zero-order valence-corrected chi connectivity index (χ0v) is 18.8. The van der Waals surface area contributed by atoms with Crippen molar-refractivity contribution >= 4 is 5.96 Å². The summed E-state index contributed by atoms with van der Waals surface area (Å²) in [6.45, 7) is 7.52. The number of hydrogen-bond acceptors (Lipinski definition) is 6. The summed E-state index contributed by atoms with van der Waals surface area (Å²) in [5, 5.41) is 11.9. The molecule has 1 atom stereocenters. The molecule has 0 aliphatic carbocycles. The third-order valence-electron chi connectivity index (χ3n) is 5.89. The molecule has 3 rings (SSSR count). The summed E-state index contributed by atoms with van der Waals surface area (Å²) in [5.41, 5.74) is 0. The van der Waals surface area contributed by atoms with E-state index in [4.69, 9.17) is 19.2 Å². The molecule has 30 heavy (non-hydrogen) atoms. The average molecular weight is 423 g/mol. The normalized spacial score (nSPS) is 21.2. The number of likely N-dealkylation sites (tertiary alicyclic amines) is 1. The third kappa shape index (κ3) is 6.92. The van der Waals surface area contributed by atoms with Crippen molar-refractivity contribution in [2.24, 2.45) is 12.0 Å². The predicted octanol–water partition coefficient (Wildman–Crippen LogP) is 1.66. The standard InChI is InChI=1S/C21H38N6O3/c1-17-24-25-20(26(17)2)15-23-21(22-10-6-13-28-3)27-11-8-18(9-12-27)30-16-19-7-4-5-14-29-19/h18-19H,4-16H2,1-3H3,(H,22,23). The Bertz CT molecular complexity index is 651. The Kier molecular flexibility index (Phi) is 9.35. The van der Waals surface area contributed by atoms with E-state index in [1.807, 2.05) is 18.5 Å². The van der Waals surface area contributed by atoms with Gasteiger partial charge in [-0.2, -0.15) is 0 Å². The van der Waals surface area contributed by atoms with Crippen LogP contribution in [0.4, 0.5) is 0 Å². The molecule has 2 saturated heterocycles. The van der Waals surface area contributed by atoms with Crippen molar-refractivity contribution in [3.8, 4) is 0 Å². The molecule has 0 bridgehead atoms.